The molecule has 0 aliphatic carbocycles. The summed E-state index contributed by atoms with van der Waals surface area (Å²) in [7, 11) is -3.64. The van der Waals surface area contributed by atoms with Crippen molar-refractivity contribution in [1.29, 1.82) is 0 Å². The molecule has 0 spiro atoms. The van der Waals surface area contributed by atoms with Crippen molar-refractivity contribution >= 4 is 7.60 Å². The summed E-state index contributed by atoms with van der Waals surface area (Å²) < 4.78 is 9.33. The first kappa shape index (κ1) is 15.4. The van der Waals surface area contributed by atoms with E-state index in [1.54, 1.807) is 24.8 Å². The Hall–Kier alpha value is -1.55. The van der Waals surface area contributed by atoms with Gasteiger partial charge in [-0.05, 0) is 24.3 Å². The van der Waals surface area contributed by atoms with Crippen LogP contribution in [0.25, 0.3) is 0 Å². The molecule has 6 heteroatoms. The Morgan fingerprint density at radius 2 is 1.00 bits per heavy atom. The summed E-state index contributed by atoms with van der Waals surface area (Å²) in [6.07, 6.45) is 7.00. The molecule has 0 aliphatic heterocycles. The van der Waals surface area contributed by atoms with Gasteiger partial charge in [0.05, 0.1) is 0 Å². The van der Waals surface area contributed by atoms with Gasteiger partial charge in [-0.15, -0.1) is 0 Å². The van der Waals surface area contributed by atoms with Crippen LogP contribution in [-0.4, -0.2) is 26.4 Å². The predicted octanol–water partition coefficient (Wildman–Crippen LogP) is 1.96. The number of nitrogens with zero attached hydrogens (tertiary/aromatic N) is 2. The fourth-order valence-corrected chi connectivity index (χ4v) is 0.625. The molecule has 0 aromatic carbocycles. The lowest BCUT2D eigenvalue weighted by Crippen LogP contribution is -1.64. The Morgan fingerprint density at radius 3 is 1.06 bits per heavy atom. The third kappa shape index (κ3) is 20.5. The molecule has 2 rings (SSSR count). The molecule has 0 bridgehead atoms. The summed E-state index contributed by atoms with van der Waals surface area (Å²) in [5, 5.41) is 0. The molecule has 2 aromatic rings. The van der Waals surface area contributed by atoms with E-state index in [-0.39, 0.29) is 0 Å². The third-order valence-corrected chi connectivity index (χ3v) is 1.13. The van der Waals surface area contributed by atoms with Crippen LogP contribution in [0, 0.1) is 0 Å². The van der Waals surface area contributed by atoms with Crippen LogP contribution < -0.4 is 0 Å². The van der Waals surface area contributed by atoms with Crippen LogP contribution in [0.5, 0.6) is 0 Å². The lowest BCUT2D eigenvalue weighted by atomic mass is 10.5. The Morgan fingerprint density at radius 1 is 0.765 bits per heavy atom. The minimum Gasteiger partial charge on any atom is -0.325 e. The minimum absolute atomic E-state index is 0.854. The fourth-order valence-electron chi connectivity index (χ4n) is 0.625. The fraction of sp³-hybridized carbons (Fsp3) is 0.0909. The lowest BCUT2D eigenvalue weighted by Gasteiger charge is -1.84. The van der Waals surface area contributed by atoms with E-state index in [9.17, 15) is 4.57 Å². The molecule has 0 unspecified atom stereocenters. The summed E-state index contributed by atoms with van der Waals surface area (Å²) >= 11 is 0. The quantitative estimate of drug-likeness (QED) is 0.702. The molecular formula is C11H15N2O3P. The topological polar surface area (TPSA) is 83.3 Å². The van der Waals surface area contributed by atoms with Gasteiger partial charge in [-0.3, -0.25) is 14.5 Å². The van der Waals surface area contributed by atoms with Crippen LogP contribution in [0.2, 0.25) is 0 Å². The number of aromatic nitrogens is 2. The Balaban J connectivity index is 0.000000228. The molecule has 2 N–H and O–H groups in total. The number of rotatable bonds is 0. The van der Waals surface area contributed by atoms with Gasteiger partial charge in [0.1, 0.15) is 0 Å². The second-order valence-corrected chi connectivity index (χ2v) is 4.56. The first-order chi connectivity index (χ1) is 8.00. The number of hydrogen-bond acceptors (Lipinski definition) is 3. The van der Waals surface area contributed by atoms with E-state index < -0.39 is 7.60 Å². The van der Waals surface area contributed by atoms with Gasteiger partial charge in [0.2, 0.25) is 0 Å². The molecule has 0 amide bonds. The maximum absolute atomic E-state index is 9.33. The Bertz CT molecular complexity index is 312. The summed E-state index contributed by atoms with van der Waals surface area (Å²) in [4.78, 5) is 22.8. The highest BCUT2D eigenvalue weighted by molar-refractivity contribution is 7.50. The van der Waals surface area contributed by atoms with Gasteiger partial charge in [0.15, 0.2) is 0 Å². The standard InChI is InChI=1S/2C5H5N.CH5O3P/c2*1-2-4-6-5-3-1;1-5(2,3)4/h2*1-5H;1H3,(H2,2,3,4). The second-order valence-electron chi connectivity index (χ2n) is 2.88. The van der Waals surface area contributed by atoms with Gasteiger partial charge in [-0.2, -0.15) is 0 Å². The average Bonchev–Trinajstić information content (AvgIpc) is 2.32. The second kappa shape index (κ2) is 9.66. The first-order valence-corrected chi connectivity index (χ1v) is 6.79. The normalized spacial score (nSPS) is 9.12. The molecule has 92 valence electrons. The van der Waals surface area contributed by atoms with Gasteiger partial charge in [0.25, 0.3) is 0 Å². The van der Waals surface area contributed by atoms with E-state index in [2.05, 4.69) is 9.97 Å². The molecular weight excluding hydrogens is 239 g/mol. The molecule has 2 aromatic heterocycles. The van der Waals surface area contributed by atoms with Crippen LogP contribution in [0.15, 0.2) is 61.2 Å². The monoisotopic (exact) mass is 254 g/mol. The molecule has 0 atom stereocenters. The van der Waals surface area contributed by atoms with E-state index in [0.717, 1.165) is 6.66 Å². The average molecular weight is 254 g/mol. The smallest absolute Gasteiger partial charge is 0.322 e. The van der Waals surface area contributed by atoms with E-state index in [1.165, 1.54) is 0 Å². The van der Waals surface area contributed by atoms with Crippen molar-refractivity contribution in [3.8, 4) is 0 Å². The third-order valence-electron chi connectivity index (χ3n) is 1.13. The van der Waals surface area contributed by atoms with Crippen molar-refractivity contribution in [3.63, 3.8) is 0 Å². The summed E-state index contributed by atoms with van der Waals surface area (Å²) in [5.74, 6) is 0. The highest BCUT2D eigenvalue weighted by Crippen LogP contribution is 2.26. The van der Waals surface area contributed by atoms with Crippen LogP contribution in [0.3, 0.4) is 0 Å². The SMILES string of the molecule is CP(=O)(O)O.c1ccncc1.c1ccncc1. The Kier molecular flexibility index (Phi) is 8.78. The maximum Gasteiger partial charge on any atom is 0.322 e. The summed E-state index contributed by atoms with van der Waals surface area (Å²) in [6, 6.07) is 11.4. The van der Waals surface area contributed by atoms with Gasteiger partial charge < -0.3 is 9.79 Å². The van der Waals surface area contributed by atoms with Gasteiger partial charge >= 0.3 is 7.60 Å². The van der Waals surface area contributed by atoms with Crippen LogP contribution >= 0.6 is 7.60 Å². The zero-order valence-corrected chi connectivity index (χ0v) is 10.3. The largest absolute Gasteiger partial charge is 0.325 e. The van der Waals surface area contributed by atoms with E-state index in [0.29, 0.717) is 0 Å². The van der Waals surface area contributed by atoms with Crippen molar-refractivity contribution in [2.75, 3.05) is 6.66 Å². The van der Waals surface area contributed by atoms with Crippen molar-refractivity contribution in [1.82, 2.24) is 9.97 Å². The summed E-state index contributed by atoms with van der Waals surface area (Å²) in [5.41, 5.74) is 0. The van der Waals surface area contributed by atoms with Crippen LogP contribution in [-0.2, 0) is 4.57 Å². The first-order valence-electron chi connectivity index (χ1n) is 4.73. The molecule has 5 nitrogen and oxygen atoms in total. The molecule has 2 heterocycles. The molecule has 0 radical (unpaired) electrons. The van der Waals surface area contributed by atoms with Gasteiger partial charge in [-0.1, -0.05) is 12.1 Å². The molecule has 17 heavy (non-hydrogen) atoms. The molecule has 0 saturated carbocycles. The minimum atomic E-state index is -3.64. The zero-order valence-electron chi connectivity index (χ0n) is 9.42. The van der Waals surface area contributed by atoms with Crippen molar-refractivity contribution < 1.29 is 14.4 Å². The van der Waals surface area contributed by atoms with Crippen LogP contribution in [0.4, 0.5) is 0 Å². The van der Waals surface area contributed by atoms with Gasteiger partial charge in [-0.25, -0.2) is 0 Å². The maximum atomic E-state index is 9.33. The van der Waals surface area contributed by atoms with E-state index in [4.69, 9.17) is 9.79 Å². The van der Waals surface area contributed by atoms with Gasteiger partial charge in [0, 0.05) is 31.5 Å². The van der Waals surface area contributed by atoms with Crippen molar-refractivity contribution in [3.05, 3.63) is 61.2 Å². The summed E-state index contributed by atoms with van der Waals surface area (Å²) in [6.45, 7) is 0.854. The lowest BCUT2D eigenvalue weighted by molar-refractivity contribution is 0.381. The van der Waals surface area contributed by atoms with Crippen molar-refractivity contribution in [2.45, 2.75) is 0 Å². The van der Waals surface area contributed by atoms with E-state index in [1.807, 2.05) is 36.4 Å². The van der Waals surface area contributed by atoms with Crippen molar-refractivity contribution in [2.24, 2.45) is 0 Å². The highest BCUT2D eigenvalue weighted by Gasteiger charge is 1.95. The Labute approximate surface area is 100 Å². The van der Waals surface area contributed by atoms with Crippen LogP contribution in [0.1, 0.15) is 0 Å². The molecule has 0 fully saturated rings. The highest BCUT2D eigenvalue weighted by atomic mass is 31.2. The number of hydrogen-bond donors (Lipinski definition) is 2. The predicted molar refractivity (Wildman–Crippen MR) is 66.4 cm³/mol. The van der Waals surface area contributed by atoms with E-state index >= 15 is 0 Å². The molecule has 0 aliphatic rings. The number of pyridine rings is 2. The zero-order chi connectivity index (χ0) is 13.0. The molecule has 0 saturated heterocycles.